The lowest BCUT2D eigenvalue weighted by Gasteiger charge is -2.32. The molecule has 4 amide bonds. The predicted molar refractivity (Wildman–Crippen MR) is 164 cm³/mol. The molecule has 2 aromatic rings. The van der Waals surface area contributed by atoms with Crippen LogP contribution < -0.4 is 25.4 Å². The number of aromatic nitrogens is 2. The van der Waals surface area contributed by atoms with E-state index < -0.39 is 17.2 Å². The van der Waals surface area contributed by atoms with E-state index in [0.717, 1.165) is 18.4 Å². The SMILES string of the molecule is CCOC(=O)C1(CC2CC2)CNC(=O)CCCN(C(=O)c2cc3n(n2)CCNC3=O)CCNC(=O)COc2cc(ccc2OC)C1. The van der Waals surface area contributed by atoms with E-state index in [4.69, 9.17) is 14.2 Å². The van der Waals surface area contributed by atoms with Crippen molar-refractivity contribution in [3.63, 3.8) is 0 Å². The van der Waals surface area contributed by atoms with Crippen molar-refractivity contribution in [2.45, 2.75) is 52.0 Å². The highest BCUT2D eigenvalue weighted by atomic mass is 16.5. The van der Waals surface area contributed by atoms with E-state index in [1.165, 1.54) is 22.8 Å². The molecule has 46 heavy (non-hydrogen) atoms. The normalized spacial score (nSPS) is 21.3. The summed E-state index contributed by atoms with van der Waals surface area (Å²) in [6.07, 6.45) is 3.32. The van der Waals surface area contributed by atoms with E-state index in [1.807, 2.05) is 6.07 Å². The van der Waals surface area contributed by atoms with Gasteiger partial charge < -0.3 is 35.1 Å². The lowest BCUT2D eigenvalue weighted by molar-refractivity contribution is -0.156. The number of rotatable bonds is 6. The van der Waals surface area contributed by atoms with Crippen molar-refractivity contribution in [3.8, 4) is 11.5 Å². The minimum absolute atomic E-state index is 0.0940. The highest BCUT2D eigenvalue weighted by molar-refractivity contribution is 5.98. The zero-order valence-corrected chi connectivity index (χ0v) is 26.4. The second kappa shape index (κ2) is 14.6. The number of carbonyl (C=O) groups is 5. The van der Waals surface area contributed by atoms with Gasteiger partial charge in [0, 0.05) is 45.2 Å². The Bertz CT molecular complexity index is 1470. The van der Waals surface area contributed by atoms with Crippen LogP contribution in [0, 0.1) is 11.3 Å². The van der Waals surface area contributed by atoms with Gasteiger partial charge in [0.1, 0.15) is 5.69 Å². The summed E-state index contributed by atoms with van der Waals surface area (Å²) in [5.41, 5.74) is 0.194. The highest BCUT2D eigenvalue weighted by Gasteiger charge is 2.45. The number of nitrogens with zero attached hydrogens (tertiary/aromatic N) is 3. The first-order valence-corrected chi connectivity index (χ1v) is 15.9. The van der Waals surface area contributed by atoms with E-state index in [2.05, 4.69) is 21.0 Å². The van der Waals surface area contributed by atoms with E-state index >= 15 is 0 Å². The van der Waals surface area contributed by atoms with Crippen LogP contribution in [-0.4, -0.2) is 97.3 Å². The Morgan fingerprint density at radius 1 is 1.04 bits per heavy atom. The zero-order chi connectivity index (χ0) is 32.7. The van der Waals surface area contributed by atoms with Crippen LogP contribution in [0.5, 0.6) is 11.5 Å². The lowest BCUT2D eigenvalue weighted by Crippen LogP contribution is -2.46. The first kappa shape index (κ1) is 32.8. The van der Waals surface area contributed by atoms with Crippen LogP contribution in [0.15, 0.2) is 24.3 Å². The average molecular weight is 639 g/mol. The van der Waals surface area contributed by atoms with E-state index in [-0.39, 0.29) is 69.3 Å². The first-order chi connectivity index (χ1) is 22.2. The van der Waals surface area contributed by atoms with Crippen molar-refractivity contribution < 1.29 is 38.2 Å². The summed E-state index contributed by atoms with van der Waals surface area (Å²) in [4.78, 5) is 66.7. The third-order valence-electron chi connectivity index (χ3n) is 8.50. The van der Waals surface area contributed by atoms with Crippen LogP contribution in [0.3, 0.4) is 0 Å². The minimum Gasteiger partial charge on any atom is -0.493 e. The Labute approximate surface area is 267 Å². The summed E-state index contributed by atoms with van der Waals surface area (Å²) < 4.78 is 18.4. The second-order valence-corrected chi connectivity index (χ2v) is 12.0. The van der Waals surface area contributed by atoms with Crippen molar-refractivity contribution in [1.29, 1.82) is 0 Å². The molecule has 0 radical (unpaired) electrons. The number of hydrogen-bond acceptors (Lipinski definition) is 9. The molecule has 3 N–H and O–H groups in total. The fraction of sp³-hybridized carbons (Fsp3) is 0.562. The molecule has 1 atom stereocenters. The Kier molecular flexibility index (Phi) is 10.4. The van der Waals surface area contributed by atoms with Crippen molar-refractivity contribution in [2.24, 2.45) is 11.3 Å². The van der Waals surface area contributed by atoms with Gasteiger partial charge in [0.05, 0.1) is 25.7 Å². The molecule has 5 rings (SSSR count). The number of hydrogen-bond donors (Lipinski definition) is 3. The molecule has 1 fully saturated rings. The van der Waals surface area contributed by atoms with Gasteiger partial charge >= 0.3 is 5.97 Å². The molecule has 3 aliphatic rings. The van der Waals surface area contributed by atoms with E-state index in [0.29, 0.717) is 55.5 Å². The van der Waals surface area contributed by atoms with Gasteiger partial charge in [-0.1, -0.05) is 18.9 Å². The molecule has 0 saturated heterocycles. The van der Waals surface area contributed by atoms with Crippen LogP contribution in [0.4, 0.5) is 0 Å². The molecule has 2 bridgehead atoms. The highest BCUT2D eigenvalue weighted by Crippen LogP contribution is 2.43. The van der Waals surface area contributed by atoms with E-state index in [9.17, 15) is 24.0 Å². The Morgan fingerprint density at radius 2 is 1.85 bits per heavy atom. The summed E-state index contributed by atoms with van der Waals surface area (Å²) in [5.74, 6) is -0.612. The number of ether oxygens (including phenoxy) is 3. The van der Waals surface area contributed by atoms with Crippen LogP contribution >= 0.6 is 0 Å². The Morgan fingerprint density at radius 3 is 2.59 bits per heavy atom. The summed E-state index contributed by atoms with van der Waals surface area (Å²) >= 11 is 0. The number of nitrogens with one attached hydrogen (secondary N) is 3. The molecule has 1 aliphatic carbocycles. The number of amides is 4. The third kappa shape index (κ3) is 7.96. The number of esters is 1. The van der Waals surface area contributed by atoms with Crippen molar-refractivity contribution in [2.75, 3.05) is 53.0 Å². The van der Waals surface area contributed by atoms with Gasteiger partial charge in [-0.2, -0.15) is 5.10 Å². The second-order valence-electron chi connectivity index (χ2n) is 12.0. The lowest BCUT2D eigenvalue weighted by atomic mass is 9.76. The van der Waals surface area contributed by atoms with Crippen molar-refractivity contribution in [1.82, 2.24) is 30.6 Å². The van der Waals surface area contributed by atoms with Gasteiger partial charge in [-0.15, -0.1) is 0 Å². The summed E-state index contributed by atoms with van der Waals surface area (Å²) in [7, 11) is 1.50. The van der Waals surface area contributed by atoms with Crippen molar-refractivity contribution >= 4 is 29.6 Å². The average Bonchev–Trinajstić information content (AvgIpc) is 3.74. The van der Waals surface area contributed by atoms with Gasteiger partial charge in [-0.3, -0.25) is 28.7 Å². The summed E-state index contributed by atoms with van der Waals surface area (Å²) in [5, 5.41) is 12.8. The topological polar surface area (TPSA) is 170 Å². The number of methoxy groups -OCH3 is 1. The molecular weight excluding hydrogens is 596 g/mol. The molecular formula is C32H42N6O8. The van der Waals surface area contributed by atoms with Gasteiger partial charge in [-0.25, -0.2) is 0 Å². The maximum absolute atomic E-state index is 13.6. The maximum atomic E-state index is 13.6. The first-order valence-electron chi connectivity index (χ1n) is 15.9. The number of carbonyl (C=O) groups excluding carboxylic acids is 5. The smallest absolute Gasteiger partial charge is 0.314 e. The molecule has 1 saturated carbocycles. The predicted octanol–water partition coefficient (Wildman–Crippen LogP) is 1.07. The maximum Gasteiger partial charge on any atom is 0.314 e. The fourth-order valence-corrected chi connectivity index (χ4v) is 5.96. The molecule has 3 heterocycles. The molecule has 14 heteroatoms. The number of benzene rings is 1. The van der Waals surface area contributed by atoms with Gasteiger partial charge in [0.25, 0.3) is 17.7 Å². The summed E-state index contributed by atoms with van der Waals surface area (Å²) in [6, 6.07) is 6.79. The molecule has 2 aliphatic heterocycles. The molecule has 0 spiro atoms. The van der Waals surface area contributed by atoms with Crippen LogP contribution in [-0.2, 0) is 32.1 Å². The van der Waals surface area contributed by atoms with Crippen molar-refractivity contribution in [3.05, 3.63) is 41.2 Å². The summed E-state index contributed by atoms with van der Waals surface area (Å²) in [6.45, 7) is 3.12. The quantitative estimate of drug-likeness (QED) is 0.392. The Balaban J connectivity index is 1.39. The molecule has 1 aromatic carbocycles. The Hall–Kier alpha value is -4.62. The monoisotopic (exact) mass is 638 g/mol. The van der Waals surface area contributed by atoms with Crippen LogP contribution in [0.25, 0.3) is 0 Å². The van der Waals surface area contributed by atoms with Gasteiger partial charge in [0.15, 0.2) is 23.8 Å². The van der Waals surface area contributed by atoms with E-state index in [1.54, 1.807) is 19.1 Å². The molecule has 14 nitrogen and oxygen atoms in total. The molecule has 1 unspecified atom stereocenters. The fourth-order valence-electron chi connectivity index (χ4n) is 5.96. The molecule has 248 valence electrons. The van der Waals surface area contributed by atoms with Crippen LogP contribution in [0.1, 0.15) is 65.6 Å². The number of fused-ring (bicyclic) bond motifs is 3. The standard InChI is InChI=1S/C32H42N6O8/c1-3-45-31(43)32(17-21-6-7-21)18-22-8-9-25(44-2)26(15-22)46-19-28(40)33-10-13-37(12-4-5-27(39)35-20-32)30(42)23-16-24-29(41)34-11-14-38(24)36-23/h8-9,15-16,21H,3-7,10-14,17-20H2,1-2H3,(H,33,40)(H,34,41)(H,35,39). The minimum atomic E-state index is -1.00. The third-order valence-corrected chi connectivity index (χ3v) is 8.50. The van der Waals surface area contributed by atoms with Gasteiger partial charge in [0.2, 0.25) is 5.91 Å². The van der Waals surface area contributed by atoms with Gasteiger partial charge in [-0.05, 0) is 49.8 Å². The van der Waals surface area contributed by atoms with Crippen LogP contribution in [0.2, 0.25) is 0 Å². The largest absolute Gasteiger partial charge is 0.493 e. The molecule has 1 aromatic heterocycles. The zero-order valence-electron chi connectivity index (χ0n) is 26.4.